The lowest BCUT2D eigenvalue weighted by atomic mass is 10.2. The van der Waals surface area contributed by atoms with Gasteiger partial charge in [0.25, 0.3) is 0 Å². The van der Waals surface area contributed by atoms with Gasteiger partial charge in [-0.15, -0.1) is 0 Å². The Morgan fingerprint density at radius 1 is 1.26 bits per heavy atom. The molecular weight excluding hydrogens is 343 g/mol. The molecule has 0 amide bonds. The number of nitrogens with one attached hydrogen (secondary N) is 1. The summed E-state index contributed by atoms with van der Waals surface area (Å²) in [6, 6.07) is 1.44. The number of aromatic carboxylic acids is 1. The van der Waals surface area contributed by atoms with Crippen LogP contribution >= 0.6 is 11.6 Å². The van der Waals surface area contributed by atoms with E-state index >= 15 is 0 Å². The molecule has 0 aromatic carbocycles. The monoisotopic (exact) mass is 355 g/mol. The van der Waals surface area contributed by atoms with Crippen LogP contribution in [-0.4, -0.2) is 59.5 Å². The highest BCUT2D eigenvalue weighted by molar-refractivity contribution is 6.33. The van der Waals surface area contributed by atoms with Crippen LogP contribution in [0.3, 0.4) is 0 Å². The van der Waals surface area contributed by atoms with Crippen LogP contribution in [0.4, 0.5) is 19.0 Å². The average molecular weight is 356 g/mol. The number of hydrogen-bond donors (Lipinski definition) is 3. The zero-order chi connectivity index (χ0) is 17.6. The largest absolute Gasteiger partial charge is 0.490 e. The molecule has 7 nitrogen and oxygen atoms in total. The fourth-order valence-corrected chi connectivity index (χ4v) is 1.94. The van der Waals surface area contributed by atoms with E-state index in [-0.39, 0.29) is 5.56 Å². The van der Waals surface area contributed by atoms with Gasteiger partial charge < -0.3 is 20.4 Å². The van der Waals surface area contributed by atoms with Gasteiger partial charge in [0, 0.05) is 32.4 Å². The van der Waals surface area contributed by atoms with Crippen molar-refractivity contribution >= 4 is 29.4 Å². The van der Waals surface area contributed by atoms with Gasteiger partial charge >= 0.3 is 18.1 Å². The van der Waals surface area contributed by atoms with E-state index in [2.05, 4.69) is 10.3 Å². The van der Waals surface area contributed by atoms with E-state index in [0.29, 0.717) is 10.8 Å². The summed E-state index contributed by atoms with van der Waals surface area (Å²) in [5.41, 5.74) is 0.115. The molecule has 0 atom stereocenters. The lowest BCUT2D eigenvalue weighted by Crippen LogP contribution is -2.44. The molecule has 0 radical (unpaired) electrons. The number of pyridine rings is 1. The van der Waals surface area contributed by atoms with E-state index in [0.717, 1.165) is 26.2 Å². The Morgan fingerprint density at radius 2 is 1.78 bits per heavy atom. The Hall–Kier alpha value is -2.07. The third-order valence-electron chi connectivity index (χ3n) is 2.73. The quantitative estimate of drug-likeness (QED) is 0.738. The summed E-state index contributed by atoms with van der Waals surface area (Å²) in [4.78, 5) is 25.8. The maximum atomic E-state index is 10.7. The number of aromatic nitrogens is 1. The lowest BCUT2D eigenvalue weighted by molar-refractivity contribution is -0.192. The minimum atomic E-state index is -5.08. The van der Waals surface area contributed by atoms with Crippen molar-refractivity contribution in [1.29, 1.82) is 0 Å². The van der Waals surface area contributed by atoms with E-state index in [4.69, 9.17) is 26.6 Å². The van der Waals surface area contributed by atoms with Gasteiger partial charge in [0.15, 0.2) is 0 Å². The first kappa shape index (κ1) is 19.0. The number of hydrogen-bond acceptors (Lipinski definition) is 5. The number of carboxylic acid groups (broad SMARTS) is 2. The predicted octanol–water partition coefficient (Wildman–Crippen LogP) is 1.48. The fraction of sp³-hybridized carbons (Fsp3) is 0.417. The van der Waals surface area contributed by atoms with Crippen LogP contribution in [0.1, 0.15) is 10.4 Å². The second kappa shape index (κ2) is 7.97. The SMILES string of the molecule is O=C(O)C(F)(F)F.O=C(O)c1cnc(N2CCNCC2)c(Cl)c1. The summed E-state index contributed by atoms with van der Waals surface area (Å²) in [6.07, 6.45) is -3.74. The van der Waals surface area contributed by atoms with Crippen molar-refractivity contribution in [2.24, 2.45) is 0 Å². The number of alkyl halides is 3. The molecule has 23 heavy (non-hydrogen) atoms. The van der Waals surface area contributed by atoms with Gasteiger partial charge in [-0.25, -0.2) is 14.6 Å². The van der Waals surface area contributed by atoms with Gasteiger partial charge in [-0.3, -0.25) is 0 Å². The third kappa shape index (κ3) is 5.91. The van der Waals surface area contributed by atoms with Crippen LogP contribution in [0.25, 0.3) is 0 Å². The van der Waals surface area contributed by atoms with Crippen LogP contribution in [0.2, 0.25) is 5.02 Å². The summed E-state index contributed by atoms with van der Waals surface area (Å²) < 4.78 is 31.7. The molecule has 1 aliphatic rings. The second-order valence-corrected chi connectivity index (χ2v) is 4.78. The Labute approximate surface area is 133 Å². The minimum absolute atomic E-state index is 0.115. The van der Waals surface area contributed by atoms with Crippen molar-refractivity contribution in [3.63, 3.8) is 0 Å². The number of anilines is 1. The highest BCUT2D eigenvalue weighted by Crippen LogP contribution is 2.24. The molecule has 128 valence electrons. The van der Waals surface area contributed by atoms with Crippen LogP contribution in [0, 0.1) is 0 Å². The molecule has 2 rings (SSSR count). The molecule has 1 aromatic heterocycles. The molecule has 2 heterocycles. The molecular formula is C12H13ClF3N3O4. The van der Waals surface area contributed by atoms with Crippen LogP contribution < -0.4 is 10.2 Å². The first-order valence-electron chi connectivity index (χ1n) is 6.27. The standard InChI is InChI=1S/C10H12ClN3O2.C2HF3O2/c11-8-5-7(10(15)16)6-13-9(8)14-3-1-12-2-4-14;3-2(4,5)1(6)7/h5-6,12H,1-4H2,(H,15,16);(H,6,7). The molecule has 11 heteroatoms. The van der Waals surface area contributed by atoms with Gasteiger partial charge in [-0.1, -0.05) is 11.6 Å². The molecule has 0 aliphatic carbocycles. The molecule has 0 unspecified atom stereocenters. The summed E-state index contributed by atoms with van der Waals surface area (Å²) in [7, 11) is 0. The van der Waals surface area contributed by atoms with E-state index in [1.165, 1.54) is 12.3 Å². The third-order valence-corrected chi connectivity index (χ3v) is 3.01. The topological polar surface area (TPSA) is 103 Å². The maximum absolute atomic E-state index is 10.7. The average Bonchev–Trinajstić information content (AvgIpc) is 2.47. The number of aliphatic carboxylic acids is 1. The normalized spacial score (nSPS) is 14.7. The van der Waals surface area contributed by atoms with Crippen molar-refractivity contribution in [1.82, 2.24) is 10.3 Å². The fourth-order valence-electron chi connectivity index (χ4n) is 1.66. The number of rotatable bonds is 2. The van der Waals surface area contributed by atoms with Gasteiger partial charge in [-0.05, 0) is 6.07 Å². The highest BCUT2D eigenvalue weighted by Gasteiger charge is 2.38. The first-order valence-corrected chi connectivity index (χ1v) is 6.65. The predicted molar refractivity (Wildman–Crippen MR) is 75.0 cm³/mol. The Bertz CT molecular complexity index is 577. The molecule has 1 aromatic rings. The smallest absolute Gasteiger partial charge is 0.478 e. The summed E-state index contributed by atoms with van der Waals surface area (Å²) in [5, 5.41) is 19.5. The number of halogens is 4. The van der Waals surface area contributed by atoms with Gasteiger partial charge in [0.2, 0.25) is 0 Å². The minimum Gasteiger partial charge on any atom is -0.478 e. The summed E-state index contributed by atoms with van der Waals surface area (Å²) in [6.45, 7) is 3.44. The summed E-state index contributed by atoms with van der Waals surface area (Å²) >= 11 is 6.02. The van der Waals surface area contributed by atoms with Crippen molar-refractivity contribution in [2.45, 2.75) is 6.18 Å². The number of carboxylic acids is 2. The molecule has 0 spiro atoms. The van der Waals surface area contributed by atoms with E-state index in [1.807, 2.05) is 4.90 Å². The lowest BCUT2D eigenvalue weighted by Gasteiger charge is -2.29. The van der Waals surface area contributed by atoms with E-state index < -0.39 is 18.1 Å². The molecule has 1 aliphatic heterocycles. The van der Waals surface area contributed by atoms with Crippen LogP contribution in [0.5, 0.6) is 0 Å². The van der Waals surface area contributed by atoms with Crippen LogP contribution in [-0.2, 0) is 4.79 Å². The van der Waals surface area contributed by atoms with Gasteiger partial charge in [0.1, 0.15) is 5.82 Å². The number of carbonyl (C=O) groups is 2. The maximum Gasteiger partial charge on any atom is 0.490 e. The highest BCUT2D eigenvalue weighted by atomic mass is 35.5. The second-order valence-electron chi connectivity index (χ2n) is 4.37. The van der Waals surface area contributed by atoms with E-state index in [9.17, 15) is 18.0 Å². The van der Waals surface area contributed by atoms with Crippen molar-refractivity contribution in [2.75, 3.05) is 31.1 Å². The number of piperazine rings is 1. The van der Waals surface area contributed by atoms with E-state index in [1.54, 1.807) is 0 Å². The Morgan fingerprint density at radius 3 is 2.17 bits per heavy atom. The zero-order valence-corrected chi connectivity index (χ0v) is 12.4. The van der Waals surface area contributed by atoms with Crippen LogP contribution in [0.15, 0.2) is 12.3 Å². The van der Waals surface area contributed by atoms with Crippen molar-refractivity contribution < 1.29 is 33.0 Å². The molecule has 1 saturated heterocycles. The first-order chi connectivity index (χ1) is 10.6. The molecule has 3 N–H and O–H groups in total. The van der Waals surface area contributed by atoms with Gasteiger partial charge in [0.05, 0.1) is 10.6 Å². The Balaban J connectivity index is 0.000000322. The van der Waals surface area contributed by atoms with Crippen molar-refractivity contribution in [3.8, 4) is 0 Å². The van der Waals surface area contributed by atoms with Gasteiger partial charge in [-0.2, -0.15) is 13.2 Å². The number of nitrogens with zero attached hydrogens (tertiary/aromatic N) is 2. The summed E-state index contributed by atoms with van der Waals surface area (Å²) in [5.74, 6) is -3.11. The van der Waals surface area contributed by atoms with Crippen molar-refractivity contribution in [3.05, 3.63) is 22.8 Å². The Kier molecular flexibility index (Phi) is 6.58. The zero-order valence-electron chi connectivity index (χ0n) is 11.6. The molecule has 0 bridgehead atoms. The molecule has 0 saturated carbocycles. The molecule has 1 fully saturated rings.